The van der Waals surface area contributed by atoms with Gasteiger partial charge in [0.15, 0.2) is 0 Å². The highest BCUT2D eigenvalue weighted by Gasteiger charge is 2.56. The predicted octanol–water partition coefficient (Wildman–Crippen LogP) is -0.0424. The van der Waals surface area contributed by atoms with Crippen molar-refractivity contribution >= 4 is 11.9 Å². The number of carboxylic acid groups (broad SMARTS) is 1. The van der Waals surface area contributed by atoms with Gasteiger partial charge in [0.25, 0.3) is 0 Å². The predicted molar refractivity (Wildman–Crippen MR) is 53.2 cm³/mol. The molecule has 0 spiro atoms. The number of hydrogen-bond donors (Lipinski definition) is 2. The van der Waals surface area contributed by atoms with E-state index in [1.54, 1.807) is 12.1 Å². The van der Waals surface area contributed by atoms with Gasteiger partial charge in [-0.05, 0) is 25.0 Å². The fourth-order valence-electron chi connectivity index (χ4n) is 1.43. The molecule has 1 fully saturated rings. The maximum Gasteiger partial charge on any atom is 0.319 e. The minimum absolute atomic E-state index is 0.210. The van der Waals surface area contributed by atoms with Crippen molar-refractivity contribution < 1.29 is 14.7 Å². The fraction of sp³-hybridized carbons (Fsp3) is 0.400. The first-order chi connectivity index (χ1) is 7.65. The molecule has 1 aromatic heterocycles. The molecule has 1 heterocycles. The number of carbonyl (C=O) groups excluding carboxylic acids is 1. The second kappa shape index (κ2) is 3.88. The zero-order valence-electron chi connectivity index (χ0n) is 8.51. The highest BCUT2D eigenvalue weighted by molar-refractivity contribution is 6.04. The van der Waals surface area contributed by atoms with Gasteiger partial charge in [-0.3, -0.25) is 9.59 Å². The lowest BCUT2D eigenvalue weighted by Crippen LogP contribution is -2.36. The Morgan fingerprint density at radius 1 is 1.50 bits per heavy atom. The van der Waals surface area contributed by atoms with Crippen LogP contribution in [0.15, 0.2) is 18.3 Å². The lowest BCUT2D eigenvalue weighted by atomic mass is 10.1. The molecule has 1 saturated carbocycles. The van der Waals surface area contributed by atoms with Crippen molar-refractivity contribution in [2.24, 2.45) is 5.41 Å². The number of amides is 1. The van der Waals surface area contributed by atoms with Crippen LogP contribution in [0.5, 0.6) is 0 Å². The first-order valence-electron chi connectivity index (χ1n) is 4.93. The summed E-state index contributed by atoms with van der Waals surface area (Å²) >= 11 is 0. The van der Waals surface area contributed by atoms with Gasteiger partial charge in [0.05, 0.1) is 12.2 Å². The summed E-state index contributed by atoms with van der Waals surface area (Å²) in [6.45, 7) is 0.210. The SMILES string of the molecule is O=C(O)C1(C(=O)NCc2cccnn2)CC1. The summed E-state index contributed by atoms with van der Waals surface area (Å²) < 4.78 is 0. The Labute approximate surface area is 91.7 Å². The van der Waals surface area contributed by atoms with Gasteiger partial charge in [-0.1, -0.05) is 0 Å². The van der Waals surface area contributed by atoms with Gasteiger partial charge in [-0.15, -0.1) is 0 Å². The molecule has 2 N–H and O–H groups in total. The minimum atomic E-state index is -1.19. The maximum atomic E-state index is 11.6. The Morgan fingerprint density at radius 3 is 2.75 bits per heavy atom. The van der Waals surface area contributed by atoms with E-state index in [1.807, 2.05) is 0 Å². The molecular formula is C10H11N3O3. The molecule has 0 radical (unpaired) electrons. The number of nitrogens with one attached hydrogen (secondary N) is 1. The minimum Gasteiger partial charge on any atom is -0.480 e. The van der Waals surface area contributed by atoms with Crippen LogP contribution in [-0.2, 0) is 16.1 Å². The highest BCUT2D eigenvalue weighted by Crippen LogP contribution is 2.46. The molecule has 0 saturated heterocycles. The van der Waals surface area contributed by atoms with Crippen LogP contribution in [0.4, 0.5) is 0 Å². The molecule has 0 unspecified atom stereocenters. The summed E-state index contributed by atoms with van der Waals surface area (Å²) in [5.74, 6) is -1.49. The van der Waals surface area contributed by atoms with Crippen LogP contribution in [0.25, 0.3) is 0 Å². The fourth-order valence-corrected chi connectivity index (χ4v) is 1.43. The molecule has 1 amide bonds. The topological polar surface area (TPSA) is 92.2 Å². The summed E-state index contributed by atoms with van der Waals surface area (Å²) in [5.41, 5.74) is -0.584. The first-order valence-corrected chi connectivity index (χ1v) is 4.93. The normalized spacial score (nSPS) is 16.5. The molecular weight excluding hydrogens is 210 g/mol. The summed E-state index contributed by atoms with van der Waals surface area (Å²) in [4.78, 5) is 22.4. The molecule has 0 atom stereocenters. The molecule has 6 heteroatoms. The van der Waals surface area contributed by atoms with Crippen molar-refractivity contribution in [3.63, 3.8) is 0 Å². The third-order valence-corrected chi connectivity index (χ3v) is 2.65. The van der Waals surface area contributed by atoms with Gasteiger partial charge in [0.2, 0.25) is 5.91 Å². The third kappa shape index (κ3) is 1.86. The first kappa shape index (κ1) is 10.5. The van der Waals surface area contributed by atoms with Crippen molar-refractivity contribution in [1.82, 2.24) is 15.5 Å². The van der Waals surface area contributed by atoms with Gasteiger partial charge in [0.1, 0.15) is 5.41 Å². The smallest absolute Gasteiger partial charge is 0.319 e. The lowest BCUT2D eigenvalue weighted by Gasteiger charge is -2.09. The molecule has 1 aliphatic rings. The lowest BCUT2D eigenvalue weighted by molar-refractivity contribution is -0.149. The van der Waals surface area contributed by atoms with Crippen molar-refractivity contribution in [2.45, 2.75) is 19.4 Å². The summed E-state index contributed by atoms with van der Waals surface area (Å²) in [6.07, 6.45) is 2.36. The van der Waals surface area contributed by atoms with Crippen LogP contribution in [0.3, 0.4) is 0 Å². The highest BCUT2D eigenvalue weighted by atomic mass is 16.4. The average molecular weight is 221 g/mol. The standard InChI is InChI=1S/C10H11N3O3/c14-8(10(3-4-10)9(15)16)11-6-7-2-1-5-12-13-7/h1-2,5H,3-4,6H2,(H,11,14)(H,15,16). The third-order valence-electron chi connectivity index (χ3n) is 2.65. The van der Waals surface area contributed by atoms with E-state index in [9.17, 15) is 9.59 Å². The molecule has 84 valence electrons. The monoisotopic (exact) mass is 221 g/mol. The summed E-state index contributed by atoms with van der Waals surface area (Å²) in [6, 6.07) is 3.42. The number of rotatable bonds is 4. The van der Waals surface area contributed by atoms with E-state index in [4.69, 9.17) is 5.11 Å². The molecule has 6 nitrogen and oxygen atoms in total. The van der Waals surface area contributed by atoms with Gasteiger partial charge in [-0.25, -0.2) is 0 Å². The van der Waals surface area contributed by atoms with Crippen molar-refractivity contribution in [3.05, 3.63) is 24.0 Å². The van der Waals surface area contributed by atoms with Gasteiger partial charge < -0.3 is 10.4 Å². The van der Waals surface area contributed by atoms with Gasteiger partial charge >= 0.3 is 5.97 Å². The van der Waals surface area contributed by atoms with E-state index in [0.717, 1.165) is 0 Å². The largest absolute Gasteiger partial charge is 0.480 e. The van der Waals surface area contributed by atoms with Crippen molar-refractivity contribution in [3.8, 4) is 0 Å². The second-order valence-electron chi connectivity index (χ2n) is 3.78. The van der Waals surface area contributed by atoms with E-state index >= 15 is 0 Å². The zero-order valence-corrected chi connectivity index (χ0v) is 8.51. The molecule has 0 bridgehead atoms. The van der Waals surface area contributed by atoms with E-state index in [2.05, 4.69) is 15.5 Å². The summed E-state index contributed by atoms with van der Waals surface area (Å²) in [5, 5.41) is 18.9. The quantitative estimate of drug-likeness (QED) is 0.696. The molecule has 16 heavy (non-hydrogen) atoms. The Hall–Kier alpha value is -1.98. The van der Waals surface area contributed by atoms with E-state index in [1.165, 1.54) is 6.20 Å². The zero-order chi connectivity index (χ0) is 11.6. The van der Waals surface area contributed by atoms with Crippen LogP contribution in [0.1, 0.15) is 18.5 Å². The van der Waals surface area contributed by atoms with Crippen molar-refractivity contribution in [2.75, 3.05) is 0 Å². The maximum absolute atomic E-state index is 11.6. The Bertz CT molecular complexity index is 415. The Kier molecular flexibility index (Phi) is 2.55. The molecule has 0 aliphatic heterocycles. The van der Waals surface area contributed by atoms with Crippen molar-refractivity contribution in [1.29, 1.82) is 0 Å². The van der Waals surface area contributed by atoms with Gasteiger partial charge in [0, 0.05) is 6.20 Å². The van der Waals surface area contributed by atoms with E-state index in [-0.39, 0.29) is 6.54 Å². The number of nitrogens with zero attached hydrogens (tertiary/aromatic N) is 2. The van der Waals surface area contributed by atoms with Crippen LogP contribution in [0.2, 0.25) is 0 Å². The number of hydrogen-bond acceptors (Lipinski definition) is 4. The summed E-state index contributed by atoms with van der Waals surface area (Å²) in [7, 11) is 0. The van der Waals surface area contributed by atoms with Crippen LogP contribution >= 0.6 is 0 Å². The van der Waals surface area contributed by atoms with Crippen LogP contribution in [0, 0.1) is 5.41 Å². The molecule has 1 aliphatic carbocycles. The second-order valence-corrected chi connectivity index (χ2v) is 3.78. The molecule has 0 aromatic carbocycles. The average Bonchev–Trinajstić information content (AvgIpc) is 3.08. The number of aliphatic carboxylic acids is 1. The molecule has 1 aromatic rings. The van der Waals surface area contributed by atoms with Gasteiger partial charge in [-0.2, -0.15) is 10.2 Å². The Balaban J connectivity index is 1.92. The van der Waals surface area contributed by atoms with Crippen LogP contribution < -0.4 is 5.32 Å². The Morgan fingerprint density at radius 2 is 2.25 bits per heavy atom. The van der Waals surface area contributed by atoms with E-state index < -0.39 is 17.3 Å². The number of carbonyl (C=O) groups is 2. The van der Waals surface area contributed by atoms with Crippen LogP contribution in [-0.4, -0.2) is 27.2 Å². The number of aromatic nitrogens is 2. The van der Waals surface area contributed by atoms with E-state index in [0.29, 0.717) is 18.5 Å². The molecule has 2 rings (SSSR count). The number of carboxylic acids is 1.